The zero-order chi connectivity index (χ0) is 9.60. The fourth-order valence-electron chi connectivity index (χ4n) is 4.06. The highest BCUT2D eigenvalue weighted by atomic mass is 16.5. The van der Waals surface area contributed by atoms with E-state index in [4.69, 9.17) is 4.74 Å². The van der Waals surface area contributed by atoms with Crippen molar-refractivity contribution in [1.82, 2.24) is 4.90 Å². The van der Waals surface area contributed by atoms with Crippen LogP contribution >= 0.6 is 0 Å². The summed E-state index contributed by atoms with van der Waals surface area (Å²) in [6.07, 6.45) is 6.97. The van der Waals surface area contributed by atoms with Crippen LogP contribution in [0.3, 0.4) is 0 Å². The molecule has 2 heteroatoms. The lowest BCUT2D eigenvalue weighted by molar-refractivity contribution is 0.00792. The Bertz CT molecular complexity index is 230. The van der Waals surface area contributed by atoms with Crippen molar-refractivity contribution in [1.29, 1.82) is 0 Å². The maximum atomic E-state index is 5.64. The van der Waals surface area contributed by atoms with Gasteiger partial charge in [-0.2, -0.15) is 0 Å². The first-order chi connectivity index (χ1) is 6.86. The van der Waals surface area contributed by atoms with Crippen LogP contribution in [0.5, 0.6) is 0 Å². The van der Waals surface area contributed by atoms with Gasteiger partial charge in [0, 0.05) is 18.2 Å². The van der Waals surface area contributed by atoms with Crippen molar-refractivity contribution in [2.24, 2.45) is 5.92 Å². The van der Waals surface area contributed by atoms with Gasteiger partial charge in [-0.15, -0.1) is 0 Å². The molecule has 3 aliphatic heterocycles. The largest absolute Gasteiger partial charge is 0.380 e. The fraction of sp³-hybridized carbons (Fsp3) is 1.00. The lowest BCUT2D eigenvalue weighted by Gasteiger charge is -2.35. The molecule has 3 rings (SSSR count). The number of rotatable bonds is 1. The molecule has 0 spiro atoms. The lowest BCUT2D eigenvalue weighted by Crippen LogP contribution is -2.45. The molecule has 0 bridgehead atoms. The minimum atomic E-state index is 0.586. The second-order valence-corrected chi connectivity index (χ2v) is 5.27. The van der Waals surface area contributed by atoms with Gasteiger partial charge in [0.25, 0.3) is 0 Å². The standard InChI is InChI=1S/C12H21NO/c1-2-12-5-3-6-13(12)11-9-14-7-4-10(11)8-12/h10-11H,2-9H2,1H3/t10-,11-,12+/m0/s1. The highest BCUT2D eigenvalue weighted by Crippen LogP contribution is 2.49. The van der Waals surface area contributed by atoms with Crippen LogP contribution in [0.4, 0.5) is 0 Å². The first kappa shape index (κ1) is 9.17. The second kappa shape index (κ2) is 3.21. The molecule has 0 saturated carbocycles. The van der Waals surface area contributed by atoms with E-state index >= 15 is 0 Å². The molecular weight excluding hydrogens is 174 g/mol. The van der Waals surface area contributed by atoms with Crippen LogP contribution in [0, 0.1) is 5.92 Å². The van der Waals surface area contributed by atoms with Crippen LogP contribution in [-0.2, 0) is 4.74 Å². The molecule has 0 unspecified atom stereocenters. The molecule has 14 heavy (non-hydrogen) atoms. The number of nitrogens with zero attached hydrogens (tertiary/aromatic N) is 1. The van der Waals surface area contributed by atoms with Crippen LogP contribution in [0.1, 0.15) is 39.0 Å². The molecule has 3 saturated heterocycles. The van der Waals surface area contributed by atoms with Crippen LogP contribution in [-0.4, -0.2) is 36.2 Å². The Hall–Kier alpha value is -0.0800. The zero-order valence-corrected chi connectivity index (χ0v) is 9.17. The lowest BCUT2D eigenvalue weighted by atomic mass is 9.85. The Morgan fingerprint density at radius 1 is 1.50 bits per heavy atom. The van der Waals surface area contributed by atoms with E-state index in [2.05, 4.69) is 11.8 Å². The Morgan fingerprint density at radius 3 is 3.29 bits per heavy atom. The van der Waals surface area contributed by atoms with Crippen molar-refractivity contribution in [2.75, 3.05) is 19.8 Å². The van der Waals surface area contributed by atoms with Crippen LogP contribution in [0.2, 0.25) is 0 Å². The molecule has 80 valence electrons. The predicted molar refractivity (Wildman–Crippen MR) is 56.3 cm³/mol. The minimum absolute atomic E-state index is 0.586. The van der Waals surface area contributed by atoms with Gasteiger partial charge in [-0.3, -0.25) is 4.90 Å². The maximum absolute atomic E-state index is 5.64. The molecule has 2 nitrogen and oxygen atoms in total. The van der Waals surface area contributed by atoms with E-state index < -0.39 is 0 Å². The highest BCUT2D eigenvalue weighted by molar-refractivity contribution is 5.07. The Kier molecular flexibility index (Phi) is 2.10. The number of hydrogen-bond donors (Lipinski definition) is 0. The van der Waals surface area contributed by atoms with Gasteiger partial charge in [0.2, 0.25) is 0 Å². The summed E-state index contributed by atoms with van der Waals surface area (Å²) in [5, 5.41) is 0. The number of ether oxygens (including phenoxy) is 1. The Morgan fingerprint density at radius 2 is 2.43 bits per heavy atom. The molecule has 0 aromatic rings. The molecule has 0 amide bonds. The van der Waals surface area contributed by atoms with Gasteiger partial charge in [0.05, 0.1) is 6.61 Å². The molecule has 0 aromatic carbocycles. The van der Waals surface area contributed by atoms with Gasteiger partial charge < -0.3 is 4.74 Å². The van der Waals surface area contributed by atoms with Crippen molar-refractivity contribution in [3.63, 3.8) is 0 Å². The molecule has 0 aromatic heterocycles. The molecule has 3 heterocycles. The average Bonchev–Trinajstić information content (AvgIpc) is 2.73. The van der Waals surface area contributed by atoms with Gasteiger partial charge in [-0.05, 0) is 44.6 Å². The van der Waals surface area contributed by atoms with Crippen molar-refractivity contribution in [2.45, 2.75) is 50.6 Å². The van der Waals surface area contributed by atoms with Crippen LogP contribution < -0.4 is 0 Å². The fourth-order valence-corrected chi connectivity index (χ4v) is 4.06. The normalized spacial score (nSPS) is 47.8. The summed E-state index contributed by atoms with van der Waals surface area (Å²) in [5.41, 5.74) is 0.586. The smallest absolute Gasteiger partial charge is 0.0624 e. The molecule has 3 atom stereocenters. The predicted octanol–water partition coefficient (Wildman–Crippen LogP) is 2.04. The topological polar surface area (TPSA) is 12.5 Å². The number of fused-ring (bicyclic) bond motifs is 3. The molecule has 0 aliphatic carbocycles. The molecule has 0 N–H and O–H groups in total. The second-order valence-electron chi connectivity index (χ2n) is 5.27. The Balaban J connectivity index is 1.86. The zero-order valence-electron chi connectivity index (χ0n) is 9.17. The summed E-state index contributed by atoms with van der Waals surface area (Å²) in [6.45, 7) is 5.72. The van der Waals surface area contributed by atoms with E-state index in [-0.39, 0.29) is 0 Å². The van der Waals surface area contributed by atoms with E-state index in [0.717, 1.165) is 25.2 Å². The monoisotopic (exact) mass is 195 g/mol. The molecule has 0 radical (unpaired) electrons. The van der Waals surface area contributed by atoms with Crippen molar-refractivity contribution in [3.8, 4) is 0 Å². The van der Waals surface area contributed by atoms with E-state index in [1.165, 1.54) is 38.6 Å². The van der Waals surface area contributed by atoms with Gasteiger partial charge in [-0.25, -0.2) is 0 Å². The van der Waals surface area contributed by atoms with Gasteiger partial charge >= 0.3 is 0 Å². The van der Waals surface area contributed by atoms with Gasteiger partial charge in [-0.1, -0.05) is 6.92 Å². The minimum Gasteiger partial charge on any atom is -0.380 e. The van der Waals surface area contributed by atoms with Gasteiger partial charge in [0.15, 0.2) is 0 Å². The summed E-state index contributed by atoms with van der Waals surface area (Å²) in [4.78, 5) is 2.79. The van der Waals surface area contributed by atoms with Crippen LogP contribution in [0.25, 0.3) is 0 Å². The van der Waals surface area contributed by atoms with E-state index in [1.54, 1.807) is 0 Å². The van der Waals surface area contributed by atoms with E-state index in [1.807, 2.05) is 0 Å². The van der Waals surface area contributed by atoms with Crippen LogP contribution in [0.15, 0.2) is 0 Å². The molecule has 3 aliphatic rings. The number of hydrogen-bond acceptors (Lipinski definition) is 2. The maximum Gasteiger partial charge on any atom is 0.0624 e. The van der Waals surface area contributed by atoms with Crippen molar-refractivity contribution in [3.05, 3.63) is 0 Å². The summed E-state index contributed by atoms with van der Waals surface area (Å²) in [6, 6.07) is 0.770. The molecule has 3 fully saturated rings. The molecular formula is C12H21NO. The van der Waals surface area contributed by atoms with E-state index in [9.17, 15) is 0 Å². The third-order valence-corrected chi connectivity index (χ3v) is 4.82. The summed E-state index contributed by atoms with van der Waals surface area (Å²) in [5.74, 6) is 0.948. The summed E-state index contributed by atoms with van der Waals surface area (Å²) in [7, 11) is 0. The summed E-state index contributed by atoms with van der Waals surface area (Å²) >= 11 is 0. The summed E-state index contributed by atoms with van der Waals surface area (Å²) < 4.78 is 5.64. The first-order valence-corrected chi connectivity index (χ1v) is 6.20. The van der Waals surface area contributed by atoms with Crippen molar-refractivity contribution >= 4 is 0 Å². The quantitative estimate of drug-likeness (QED) is 0.635. The van der Waals surface area contributed by atoms with Crippen molar-refractivity contribution < 1.29 is 4.74 Å². The highest BCUT2D eigenvalue weighted by Gasteiger charge is 2.53. The first-order valence-electron chi connectivity index (χ1n) is 6.20. The third kappa shape index (κ3) is 1.10. The SMILES string of the molecule is CC[C@]12CCCN1[C@H]1COCC[C@H]1C2. The Labute approximate surface area is 86.6 Å². The average molecular weight is 195 g/mol. The van der Waals surface area contributed by atoms with E-state index in [0.29, 0.717) is 5.54 Å². The third-order valence-electron chi connectivity index (χ3n) is 4.82. The van der Waals surface area contributed by atoms with Gasteiger partial charge in [0.1, 0.15) is 0 Å².